The van der Waals surface area contributed by atoms with Crippen molar-refractivity contribution in [3.05, 3.63) is 47.5 Å². The van der Waals surface area contributed by atoms with Crippen LogP contribution in [-0.4, -0.2) is 33.8 Å². The van der Waals surface area contributed by atoms with E-state index in [0.29, 0.717) is 18.7 Å². The molecule has 0 unspecified atom stereocenters. The third kappa shape index (κ3) is 3.22. The van der Waals surface area contributed by atoms with Gasteiger partial charge in [0.1, 0.15) is 17.9 Å². The fraction of sp³-hybridized carbons (Fsp3) is 0.375. The zero-order valence-corrected chi connectivity index (χ0v) is 12.8. The molecule has 1 aliphatic heterocycles. The topological polar surface area (TPSA) is 92.8 Å². The molecular formula is C16H17N5O2. The van der Waals surface area contributed by atoms with E-state index in [1.807, 2.05) is 19.2 Å². The predicted octanol–water partition coefficient (Wildman–Crippen LogP) is 1.19. The van der Waals surface area contributed by atoms with E-state index in [0.717, 1.165) is 12.1 Å². The largest absolute Gasteiger partial charge is 0.372 e. The third-order valence-corrected chi connectivity index (χ3v) is 4.03. The van der Waals surface area contributed by atoms with Gasteiger partial charge in [0.05, 0.1) is 5.69 Å². The summed E-state index contributed by atoms with van der Waals surface area (Å²) in [5.41, 5.74) is 1.68. The summed E-state index contributed by atoms with van der Waals surface area (Å²) in [7, 11) is 1.88. The van der Waals surface area contributed by atoms with Crippen molar-refractivity contribution in [2.45, 2.75) is 12.5 Å². The number of nitrogens with one attached hydrogen (secondary N) is 1. The standard InChI is InChI=1S/C16H17N5O2/c1-21-14(3-6-20-21)15-12(4-7-23-15)10-19-16(22)11-2-5-18-13(8-11)9-17/h2-3,5-6,8,12,15H,4,7,10H2,1H3,(H,19,22)/t12-,15+/m0/s1. The smallest absolute Gasteiger partial charge is 0.251 e. The zero-order chi connectivity index (χ0) is 16.2. The lowest BCUT2D eigenvalue weighted by atomic mass is 9.99. The Balaban J connectivity index is 1.64. The van der Waals surface area contributed by atoms with E-state index in [1.165, 1.54) is 12.3 Å². The molecule has 23 heavy (non-hydrogen) atoms. The Bertz CT molecular complexity index is 749. The molecule has 0 saturated carbocycles. The van der Waals surface area contributed by atoms with Gasteiger partial charge in [-0.1, -0.05) is 0 Å². The molecule has 0 radical (unpaired) electrons. The molecule has 1 saturated heterocycles. The second-order valence-corrected chi connectivity index (χ2v) is 5.47. The quantitative estimate of drug-likeness (QED) is 0.915. The minimum atomic E-state index is -0.209. The van der Waals surface area contributed by atoms with Crippen LogP contribution in [0, 0.1) is 17.2 Å². The van der Waals surface area contributed by atoms with Crippen LogP contribution in [0.15, 0.2) is 30.6 Å². The van der Waals surface area contributed by atoms with Gasteiger partial charge in [0.15, 0.2) is 0 Å². The van der Waals surface area contributed by atoms with Gasteiger partial charge >= 0.3 is 0 Å². The van der Waals surface area contributed by atoms with Gasteiger partial charge in [-0.3, -0.25) is 9.48 Å². The number of nitriles is 1. The Labute approximate surface area is 133 Å². The van der Waals surface area contributed by atoms with Crippen LogP contribution in [0.2, 0.25) is 0 Å². The van der Waals surface area contributed by atoms with E-state index < -0.39 is 0 Å². The summed E-state index contributed by atoms with van der Waals surface area (Å²) in [6, 6.07) is 6.95. The summed E-state index contributed by atoms with van der Waals surface area (Å²) < 4.78 is 7.60. The van der Waals surface area contributed by atoms with Crippen molar-refractivity contribution < 1.29 is 9.53 Å². The molecule has 7 nitrogen and oxygen atoms in total. The van der Waals surface area contributed by atoms with Crippen molar-refractivity contribution in [3.8, 4) is 6.07 Å². The summed E-state index contributed by atoms with van der Waals surface area (Å²) in [5.74, 6) is -0.00817. The minimum absolute atomic E-state index is 0.0603. The highest BCUT2D eigenvalue weighted by Crippen LogP contribution is 2.33. The number of hydrogen-bond acceptors (Lipinski definition) is 5. The molecule has 1 N–H and O–H groups in total. The maximum absolute atomic E-state index is 12.2. The average Bonchev–Trinajstić information content (AvgIpc) is 3.20. The summed E-state index contributed by atoms with van der Waals surface area (Å²) >= 11 is 0. The molecule has 3 heterocycles. The van der Waals surface area contributed by atoms with Crippen LogP contribution in [0.5, 0.6) is 0 Å². The molecule has 118 valence electrons. The second-order valence-electron chi connectivity index (χ2n) is 5.47. The molecule has 1 amide bonds. The number of carbonyl (C=O) groups excluding carboxylic acids is 1. The monoisotopic (exact) mass is 311 g/mol. The number of hydrogen-bond donors (Lipinski definition) is 1. The molecule has 0 aliphatic carbocycles. The first-order valence-corrected chi connectivity index (χ1v) is 7.43. The van der Waals surface area contributed by atoms with Crippen LogP contribution in [0.4, 0.5) is 0 Å². The van der Waals surface area contributed by atoms with Crippen LogP contribution >= 0.6 is 0 Å². The van der Waals surface area contributed by atoms with E-state index in [-0.39, 0.29) is 23.6 Å². The highest BCUT2D eigenvalue weighted by atomic mass is 16.5. The van der Waals surface area contributed by atoms with Gasteiger partial charge in [0.25, 0.3) is 5.91 Å². The highest BCUT2D eigenvalue weighted by molar-refractivity contribution is 5.94. The Morgan fingerprint density at radius 2 is 2.39 bits per heavy atom. The lowest BCUT2D eigenvalue weighted by Gasteiger charge is -2.19. The number of carbonyl (C=O) groups is 1. The number of aromatic nitrogens is 3. The van der Waals surface area contributed by atoms with E-state index in [1.54, 1.807) is 16.9 Å². The lowest BCUT2D eigenvalue weighted by molar-refractivity contribution is 0.0801. The molecule has 2 atom stereocenters. The first-order chi connectivity index (χ1) is 11.2. The third-order valence-electron chi connectivity index (χ3n) is 4.03. The van der Waals surface area contributed by atoms with Crippen molar-refractivity contribution in [2.24, 2.45) is 13.0 Å². The Kier molecular flexibility index (Phi) is 4.35. The van der Waals surface area contributed by atoms with Gasteiger partial charge in [-0.25, -0.2) is 4.98 Å². The maximum atomic E-state index is 12.2. The lowest BCUT2D eigenvalue weighted by Crippen LogP contribution is -2.31. The minimum Gasteiger partial charge on any atom is -0.372 e. The van der Waals surface area contributed by atoms with E-state index in [4.69, 9.17) is 10.00 Å². The molecule has 0 spiro atoms. The molecule has 0 bridgehead atoms. The second kappa shape index (κ2) is 6.58. The molecular weight excluding hydrogens is 294 g/mol. The van der Waals surface area contributed by atoms with Crippen molar-refractivity contribution in [2.75, 3.05) is 13.2 Å². The Morgan fingerprint density at radius 1 is 1.52 bits per heavy atom. The first kappa shape index (κ1) is 15.2. The Morgan fingerprint density at radius 3 is 3.13 bits per heavy atom. The predicted molar refractivity (Wildman–Crippen MR) is 81.3 cm³/mol. The molecule has 7 heteroatoms. The number of rotatable bonds is 4. The van der Waals surface area contributed by atoms with Gasteiger partial charge in [-0.15, -0.1) is 0 Å². The van der Waals surface area contributed by atoms with E-state index in [9.17, 15) is 4.79 Å². The molecule has 1 aliphatic rings. The molecule has 3 rings (SSSR count). The van der Waals surface area contributed by atoms with Gasteiger partial charge in [-0.05, 0) is 24.6 Å². The highest BCUT2D eigenvalue weighted by Gasteiger charge is 2.31. The molecule has 1 fully saturated rings. The first-order valence-electron chi connectivity index (χ1n) is 7.43. The van der Waals surface area contributed by atoms with Gasteiger partial charge in [0, 0.05) is 44.1 Å². The van der Waals surface area contributed by atoms with Crippen LogP contribution in [0.25, 0.3) is 0 Å². The number of pyridine rings is 1. The number of aryl methyl sites for hydroxylation is 1. The van der Waals surface area contributed by atoms with Gasteiger partial charge in [0.2, 0.25) is 0 Å². The summed E-state index contributed by atoms with van der Waals surface area (Å²) in [6.07, 6.45) is 4.03. The van der Waals surface area contributed by atoms with Crippen molar-refractivity contribution >= 4 is 5.91 Å². The summed E-state index contributed by atoms with van der Waals surface area (Å²) in [5, 5.41) is 15.9. The maximum Gasteiger partial charge on any atom is 0.251 e. The SMILES string of the molecule is Cn1nccc1[C@@H]1OCC[C@H]1CNC(=O)c1ccnc(C#N)c1. The van der Waals surface area contributed by atoms with E-state index >= 15 is 0 Å². The van der Waals surface area contributed by atoms with Crippen LogP contribution in [0.3, 0.4) is 0 Å². The fourth-order valence-corrected chi connectivity index (χ4v) is 2.79. The normalized spacial score (nSPS) is 20.2. The molecule has 2 aromatic rings. The molecule has 2 aromatic heterocycles. The average molecular weight is 311 g/mol. The zero-order valence-electron chi connectivity index (χ0n) is 12.8. The van der Waals surface area contributed by atoms with Crippen molar-refractivity contribution in [1.29, 1.82) is 5.26 Å². The number of nitrogens with zero attached hydrogens (tertiary/aromatic N) is 4. The fourth-order valence-electron chi connectivity index (χ4n) is 2.79. The van der Waals surface area contributed by atoms with Gasteiger partial charge < -0.3 is 10.1 Å². The van der Waals surface area contributed by atoms with Crippen LogP contribution < -0.4 is 5.32 Å². The van der Waals surface area contributed by atoms with Gasteiger partial charge in [-0.2, -0.15) is 10.4 Å². The van der Waals surface area contributed by atoms with Crippen LogP contribution in [0.1, 0.15) is 34.3 Å². The summed E-state index contributed by atoms with van der Waals surface area (Å²) in [6.45, 7) is 1.18. The molecule has 0 aromatic carbocycles. The van der Waals surface area contributed by atoms with E-state index in [2.05, 4.69) is 15.4 Å². The summed E-state index contributed by atoms with van der Waals surface area (Å²) in [4.78, 5) is 16.1. The number of ether oxygens (including phenoxy) is 1. The van der Waals surface area contributed by atoms with Crippen LogP contribution in [-0.2, 0) is 11.8 Å². The van der Waals surface area contributed by atoms with Crippen molar-refractivity contribution in [1.82, 2.24) is 20.1 Å². The van der Waals surface area contributed by atoms with Crippen molar-refractivity contribution in [3.63, 3.8) is 0 Å². The number of amides is 1. The Hall–Kier alpha value is -2.72.